The molecule has 0 saturated carbocycles. The van der Waals surface area contributed by atoms with E-state index in [1.807, 2.05) is 0 Å². The average Bonchev–Trinajstić information content (AvgIpc) is 2.77. The SMILES string of the molecule is C=C(C(=C)C1=C2C=CC(=[N+](CC)CC)C=C2Cc2cc(N(CC)CC)ccc21)C(=O)O. The summed E-state index contributed by atoms with van der Waals surface area (Å²) < 4.78 is 2.33. The molecule has 4 nitrogen and oxygen atoms in total. The molecule has 0 spiro atoms. The number of allylic oxidation sites excluding steroid dienone is 6. The quantitative estimate of drug-likeness (QED) is 0.367. The number of carboxylic acids is 1. The van der Waals surface area contributed by atoms with Crippen LogP contribution >= 0.6 is 0 Å². The van der Waals surface area contributed by atoms with Crippen LogP contribution in [0.4, 0.5) is 5.69 Å². The number of rotatable bonds is 8. The van der Waals surface area contributed by atoms with Crippen molar-refractivity contribution in [3.05, 3.63) is 83.0 Å². The number of hydrogen-bond acceptors (Lipinski definition) is 2. The molecule has 31 heavy (non-hydrogen) atoms. The molecular weight excluding hydrogens is 384 g/mol. The fourth-order valence-corrected chi connectivity index (χ4v) is 4.47. The van der Waals surface area contributed by atoms with Gasteiger partial charge in [0.2, 0.25) is 0 Å². The van der Waals surface area contributed by atoms with E-state index in [-0.39, 0.29) is 5.57 Å². The number of carboxylic acid groups (broad SMARTS) is 1. The number of aliphatic carboxylic acids is 1. The third-order valence-electron chi connectivity index (χ3n) is 6.28. The van der Waals surface area contributed by atoms with E-state index in [9.17, 15) is 9.90 Å². The maximum Gasteiger partial charge on any atom is 0.335 e. The van der Waals surface area contributed by atoms with E-state index in [0.717, 1.165) is 49.3 Å². The van der Waals surface area contributed by atoms with Crippen molar-refractivity contribution < 1.29 is 14.5 Å². The fourth-order valence-electron chi connectivity index (χ4n) is 4.47. The Morgan fingerprint density at radius 2 is 1.77 bits per heavy atom. The van der Waals surface area contributed by atoms with Crippen molar-refractivity contribution in [1.82, 2.24) is 0 Å². The number of benzene rings is 1. The summed E-state index contributed by atoms with van der Waals surface area (Å²) >= 11 is 0. The normalized spacial score (nSPS) is 14.6. The summed E-state index contributed by atoms with van der Waals surface area (Å²) in [6.45, 7) is 20.3. The average molecular weight is 418 g/mol. The molecule has 3 rings (SSSR count). The van der Waals surface area contributed by atoms with E-state index >= 15 is 0 Å². The molecule has 0 heterocycles. The van der Waals surface area contributed by atoms with Crippen LogP contribution < -0.4 is 4.90 Å². The first-order valence-electron chi connectivity index (χ1n) is 11.1. The Morgan fingerprint density at radius 3 is 2.35 bits per heavy atom. The number of anilines is 1. The van der Waals surface area contributed by atoms with Crippen LogP contribution in [-0.2, 0) is 11.2 Å². The predicted octanol–water partition coefficient (Wildman–Crippen LogP) is 5.03. The maximum atomic E-state index is 11.7. The van der Waals surface area contributed by atoms with Crippen LogP contribution in [-0.4, -0.2) is 47.5 Å². The molecule has 2 aliphatic rings. The van der Waals surface area contributed by atoms with E-state index in [1.54, 1.807) is 0 Å². The van der Waals surface area contributed by atoms with Gasteiger partial charge in [-0.25, -0.2) is 9.37 Å². The summed E-state index contributed by atoms with van der Waals surface area (Å²) in [5.74, 6) is -1.04. The minimum Gasteiger partial charge on any atom is -0.478 e. The molecule has 1 aromatic carbocycles. The summed E-state index contributed by atoms with van der Waals surface area (Å²) in [6, 6.07) is 6.48. The molecule has 0 radical (unpaired) electrons. The van der Waals surface area contributed by atoms with Crippen LogP contribution in [0.3, 0.4) is 0 Å². The molecule has 0 bridgehead atoms. The van der Waals surface area contributed by atoms with E-state index in [1.165, 1.54) is 22.5 Å². The van der Waals surface area contributed by atoms with Crippen molar-refractivity contribution in [3.8, 4) is 0 Å². The first-order chi connectivity index (χ1) is 14.9. The molecule has 0 amide bonds. The van der Waals surface area contributed by atoms with Crippen molar-refractivity contribution in [3.63, 3.8) is 0 Å². The van der Waals surface area contributed by atoms with Gasteiger partial charge in [-0.3, -0.25) is 0 Å². The molecule has 0 fully saturated rings. The molecule has 0 saturated heterocycles. The lowest BCUT2D eigenvalue weighted by Crippen LogP contribution is -2.23. The highest BCUT2D eigenvalue weighted by Gasteiger charge is 2.29. The van der Waals surface area contributed by atoms with Gasteiger partial charge in [0, 0.05) is 30.9 Å². The Hall–Kier alpha value is -3.14. The van der Waals surface area contributed by atoms with Crippen molar-refractivity contribution in [2.45, 2.75) is 34.1 Å². The highest BCUT2D eigenvalue weighted by atomic mass is 16.4. The van der Waals surface area contributed by atoms with E-state index in [4.69, 9.17) is 0 Å². The van der Waals surface area contributed by atoms with Gasteiger partial charge in [0.05, 0.1) is 5.57 Å². The van der Waals surface area contributed by atoms with Crippen molar-refractivity contribution in [2.75, 3.05) is 31.1 Å². The summed E-state index contributed by atoms with van der Waals surface area (Å²) in [6.07, 6.45) is 7.29. The lowest BCUT2D eigenvalue weighted by Gasteiger charge is -2.29. The number of fused-ring (bicyclic) bond motifs is 2. The van der Waals surface area contributed by atoms with Crippen LogP contribution in [0.2, 0.25) is 0 Å². The Balaban J connectivity index is 2.23. The predicted molar refractivity (Wildman–Crippen MR) is 130 cm³/mol. The molecule has 0 aromatic heterocycles. The van der Waals surface area contributed by atoms with Crippen molar-refractivity contribution in [2.24, 2.45) is 0 Å². The van der Waals surface area contributed by atoms with E-state index < -0.39 is 5.97 Å². The summed E-state index contributed by atoms with van der Waals surface area (Å²) in [4.78, 5) is 14.0. The Kier molecular flexibility index (Phi) is 6.79. The zero-order valence-corrected chi connectivity index (χ0v) is 19.2. The molecule has 1 aromatic rings. The van der Waals surface area contributed by atoms with Crippen LogP contribution in [0.25, 0.3) is 5.57 Å². The second kappa shape index (κ2) is 9.34. The molecule has 2 aliphatic carbocycles. The third-order valence-corrected chi connectivity index (χ3v) is 6.28. The lowest BCUT2D eigenvalue weighted by molar-refractivity contribution is -0.519. The first kappa shape index (κ1) is 22.5. The van der Waals surface area contributed by atoms with Crippen LogP contribution in [0.5, 0.6) is 0 Å². The van der Waals surface area contributed by atoms with Crippen LogP contribution in [0.1, 0.15) is 38.8 Å². The summed E-state index contributed by atoms with van der Waals surface area (Å²) in [7, 11) is 0. The minimum absolute atomic E-state index is 0.0365. The van der Waals surface area contributed by atoms with E-state index in [2.05, 4.69) is 86.8 Å². The fraction of sp³-hybridized carbons (Fsp3) is 0.333. The molecule has 4 heteroatoms. The van der Waals surface area contributed by atoms with Gasteiger partial charge in [0.15, 0.2) is 5.71 Å². The molecule has 162 valence electrons. The first-order valence-corrected chi connectivity index (χ1v) is 11.1. The molecule has 0 unspecified atom stereocenters. The molecular formula is C27H33N2O2+. The monoisotopic (exact) mass is 417 g/mol. The smallest absolute Gasteiger partial charge is 0.335 e. The highest BCUT2D eigenvalue weighted by Crippen LogP contribution is 2.43. The Bertz CT molecular complexity index is 1060. The Labute approximate surface area is 185 Å². The van der Waals surface area contributed by atoms with Gasteiger partial charge >= 0.3 is 5.97 Å². The second-order valence-corrected chi connectivity index (χ2v) is 7.84. The van der Waals surface area contributed by atoms with Gasteiger partial charge in [-0.05, 0) is 85.7 Å². The standard InChI is InChI=1S/C27H32N2O2/c1-7-28(8-2)22-11-13-24-20(16-22)15-21-17-23(29(9-3)10-4)12-14-25(21)26(24)18(5)19(6)27(30)31/h11-14,16-17H,5-10,15H2,1-4H3/p+1. The van der Waals surface area contributed by atoms with Gasteiger partial charge in [-0.15, -0.1) is 0 Å². The van der Waals surface area contributed by atoms with Gasteiger partial charge < -0.3 is 10.0 Å². The summed E-state index contributed by atoms with van der Waals surface area (Å²) in [5, 5.41) is 9.55. The maximum absolute atomic E-state index is 11.7. The molecule has 1 N–H and O–H groups in total. The Morgan fingerprint density at radius 1 is 1.10 bits per heavy atom. The van der Waals surface area contributed by atoms with Gasteiger partial charge in [0.25, 0.3) is 0 Å². The topological polar surface area (TPSA) is 43.5 Å². The molecule has 0 atom stereocenters. The zero-order chi connectivity index (χ0) is 22.7. The van der Waals surface area contributed by atoms with Gasteiger partial charge in [-0.1, -0.05) is 19.2 Å². The van der Waals surface area contributed by atoms with Crippen LogP contribution in [0, 0.1) is 0 Å². The number of hydrogen-bond donors (Lipinski definition) is 1. The summed E-state index contributed by atoms with van der Waals surface area (Å²) in [5.41, 5.74) is 8.25. The minimum atomic E-state index is -1.04. The van der Waals surface area contributed by atoms with Crippen molar-refractivity contribution in [1.29, 1.82) is 0 Å². The van der Waals surface area contributed by atoms with Crippen molar-refractivity contribution >= 4 is 22.9 Å². The lowest BCUT2D eigenvalue weighted by atomic mass is 9.76. The third kappa shape index (κ3) is 4.20. The number of nitrogens with zero attached hydrogens (tertiary/aromatic N) is 2. The van der Waals surface area contributed by atoms with Crippen LogP contribution in [0.15, 0.2) is 71.9 Å². The largest absolute Gasteiger partial charge is 0.478 e. The van der Waals surface area contributed by atoms with Gasteiger partial charge in [0.1, 0.15) is 13.1 Å². The second-order valence-electron chi connectivity index (χ2n) is 7.84. The zero-order valence-electron chi connectivity index (χ0n) is 19.2. The number of carbonyl (C=O) groups is 1. The van der Waals surface area contributed by atoms with Gasteiger partial charge in [-0.2, -0.15) is 0 Å². The highest BCUT2D eigenvalue weighted by molar-refractivity contribution is 6.08. The van der Waals surface area contributed by atoms with E-state index in [0.29, 0.717) is 5.57 Å². The molecule has 0 aliphatic heterocycles.